The summed E-state index contributed by atoms with van der Waals surface area (Å²) in [4.78, 5) is 0. The Bertz CT molecular complexity index is 473. The second kappa shape index (κ2) is 5.98. The molecule has 0 amide bonds. The zero-order valence-electron chi connectivity index (χ0n) is 16.4. The van der Waals surface area contributed by atoms with E-state index in [9.17, 15) is 0 Å². The molecule has 24 heavy (non-hydrogen) atoms. The largest absolute Gasteiger partial charge is 0.384 e. The summed E-state index contributed by atoms with van der Waals surface area (Å²) in [5.74, 6) is 3.64. The van der Waals surface area contributed by atoms with Gasteiger partial charge in [0.15, 0.2) is 0 Å². The lowest BCUT2D eigenvalue weighted by Crippen LogP contribution is -2.57. The van der Waals surface area contributed by atoms with Crippen LogP contribution in [0.1, 0.15) is 78.1 Å². The number of hydrogen-bond donors (Lipinski definition) is 0. The molecule has 4 aliphatic rings. The molecule has 2 heteroatoms. The highest BCUT2D eigenvalue weighted by atomic mass is 16.5. The lowest BCUT2D eigenvalue weighted by Gasteiger charge is -2.62. The molecular weight excluding hydrogens is 296 g/mol. The first kappa shape index (κ1) is 17.3. The number of fused-ring (bicyclic) bond motifs is 5. The van der Waals surface area contributed by atoms with Crippen molar-refractivity contribution in [2.75, 3.05) is 20.8 Å². The van der Waals surface area contributed by atoms with Crippen molar-refractivity contribution in [3.8, 4) is 0 Å². The van der Waals surface area contributed by atoms with Crippen LogP contribution < -0.4 is 0 Å². The zero-order valence-corrected chi connectivity index (χ0v) is 16.4. The highest BCUT2D eigenvalue weighted by Crippen LogP contribution is 2.68. The van der Waals surface area contributed by atoms with E-state index >= 15 is 0 Å². The molecule has 4 fully saturated rings. The van der Waals surface area contributed by atoms with Crippen LogP contribution >= 0.6 is 0 Å². The van der Waals surface area contributed by atoms with Gasteiger partial charge in [-0.15, -0.1) is 0 Å². The minimum Gasteiger partial charge on any atom is -0.384 e. The molecule has 4 aliphatic carbocycles. The van der Waals surface area contributed by atoms with Crippen LogP contribution in [0.25, 0.3) is 0 Å². The predicted octanol–water partition coefficient (Wildman–Crippen LogP) is 5.45. The van der Waals surface area contributed by atoms with E-state index in [1.807, 2.05) is 14.2 Å². The van der Waals surface area contributed by atoms with Gasteiger partial charge in [0, 0.05) is 14.2 Å². The Morgan fingerprint density at radius 1 is 0.833 bits per heavy atom. The summed E-state index contributed by atoms with van der Waals surface area (Å²) in [7, 11) is 3.89. The van der Waals surface area contributed by atoms with Gasteiger partial charge in [0.25, 0.3) is 0 Å². The van der Waals surface area contributed by atoms with Crippen molar-refractivity contribution in [1.82, 2.24) is 0 Å². The molecule has 0 radical (unpaired) electrons. The monoisotopic (exact) mass is 334 g/mol. The molecule has 0 unspecified atom stereocenters. The van der Waals surface area contributed by atoms with Crippen molar-refractivity contribution in [3.63, 3.8) is 0 Å². The van der Waals surface area contributed by atoms with Gasteiger partial charge in [0.2, 0.25) is 0 Å². The van der Waals surface area contributed by atoms with Crippen molar-refractivity contribution in [2.24, 2.45) is 34.5 Å². The van der Waals surface area contributed by atoms with Crippen molar-refractivity contribution in [2.45, 2.75) is 83.7 Å². The second-order valence-corrected chi connectivity index (χ2v) is 9.99. The highest BCUT2D eigenvalue weighted by molar-refractivity contribution is 5.13. The van der Waals surface area contributed by atoms with Gasteiger partial charge in [-0.05, 0) is 92.8 Å². The van der Waals surface area contributed by atoms with E-state index in [2.05, 4.69) is 13.8 Å². The summed E-state index contributed by atoms with van der Waals surface area (Å²) in [5, 5.41) is 0. The first-order chi connectivity index (χ1) is 11.5. The molecule has 0 aliphatic heterocycles. The van der Waals surface area contributed by atoms with Crippen LogP contribution in [0, 0.1) is 34.5 Å². The summed E-state index contributed by atoms with van der Waals surface area (Å²) in [5.41, 5.74) is 0.989. The third-order valence-corrected chi connectivity index (χ3v) is 9.68. The Hall–Kier alpha value is -0.0800. The first-order valence-electron chi connectivity index (χ1n) is 10.5. The normalized spacial score (nSPS) is 54.0. The number of methoxy groups -OCH3 is 2. The van der Waals surface area contributed by atoms with Gasteiger partial charge in [0.1, 0.15) is 0 Å². The molecule has 138 valence electrons. The predicted molar refractivity (Wildman–Crippen MR) is 98.0 cm³/mol. The minimum absolute atomic E-state index is 0.0977. The standard InChI is InChI=1S/C22H38O2/c1-20-13-10-19-17(18(20)11-14-21(20,2)24-4)9-8-16-7-5-6-12-22(16,19)15-23-3/h16-19H,5-15H2,1-4H3/t16-,17+,18+,19+,20+,21+,22-/m1/s1. The van der Waals surface area contributed by atoms with Crippen molar-refractivity contribution in [1.29, 1.82) is 0 Å². The molecule has 0 heterocycles. The molecule has 0 bridgehead atoms. The van der Waals surface area contributed by atoms with Crippen LogP contribution in [0.4, 0.5) is 0 Å². The fourth-order valence-corrected chi connectivity index (χ4v) is 8.18. The summed E-state index contributed by atoms with van der Waals surface area (Å²) in [6.07, 6.45) is 14.1. The van der Waals surface area contributed by atoms with Crippen LogP contribution in [0.15, 0.2) is 0 Å². The van der Waals surface area contributed by atoms with Crippen LogP contribution in [0.2, 0.25) is 0 Å². The maximum atomic E-state index is 6.11. The van der Waals surface area contributed by atoms with Crippen LogP contribution in [-0.2, 0) is 9.47 Å². The second-order valence-electron chi connectivity index (χ2n) is 9.99. The first-order valence-corrected chi connectivity index (χ1v) is 10.5. The quantitative estimate of drug-likeness (QED) is 0.683. The van der Waals surface area contributed by atoms with Crippen LogP contribution in [0.5, 0.6) is 0 Å². The van der Waals surface area contributed by atoms with E-state index in [1.165, 1.54) is 64.2 Å². The Kier molecular flexibility index (Phi) is 4.32. The molecule has 0 saturated heterocycles. The molecule has 4 rings (SSSR count). The lowest BCUT2D eigenvalue weighted by molar-refractivity contribution is -0.172. The maximum Gasteiger partial charge on any atom is 0.0706 e. The number of hydrogen-bond acceptors (Lipinski definition) is 2. The average molecular weight is 335 g/mol. The molecule has 0 aromatic heterocycles. The average Bonchev–Trinajstić information content (AvgIpc) is 2.87. The van der Waals surface area contributed by atoms with Crippen molar-refractivity contribution < 1.29 is 9.47 Å². The molecule has 4 saturated carbocycles. The van der Waals surface area contributed by atoms with E-state index in [-0.39, 0.29) is 5.60 Å². The summed E-state index contributed by atoms with van der Waals surface area (Å²) < 4.78 is 12.0. The summed E-state index contributed by atoms with van der Waals surface area (Å²) in [6, 6.07) is 0. The molecule has 0 aromatic carbocycles. The SMILES string of the molecule is COC[C@]12CCCC[C@@H]1CC[C@@H]1[C@@H]2CC[C@@]2(C)[C@H]1CC[C@]2(C)OC. The lowest BCUT2D eigenvalue weighted by atomic mass is 9.44. The fourth-order valence-electron chi connectivity index (χ4n) is 8.18. The van der Waals surface area contributed by atoms with Crippen molar-refractivity contribution >= 4 is 0 Å². The van der Waals surface area contributed by atoms with Crippen LogP contribution in [0.3, 0.4) is 0 Å². The van der Waals surface area contributed by atoms with Gasteiger partial charge in [-0.1, -0.05) is 19.8 Å². The van der Waals surface area contributed by atoms with Gasteiger partial charge in [0.05, 0.1) is 12.2 Å². The van der Waals surface area contributed by atoms with Gasteiger partial charge in [-0.2, -0.15) is 0 Å². The Morgan fingerprint density at radius 3 is 2.38 bits per heavy atom. The van der Waals surface area contributed by atoms with E-state index in [0.29, 0.717) is 10.8 Å². The van der Waals surface area contributed by atoms with E-state index in [1.54, 1.807) is 0 Å². The molecular formula is C22H38O2. The Balaban J connectivity index is 1.66. The van der Waals surface area contributed by atoms with Crippen LogP contribution in [-0.4, -0.2) is 26.4 Å². The summed E-state index contributed by atoms with van der Waals surface area (Å²) >= 11 is 0. The molecule has 0 aromatic rings. The van der Waals surface area contributed by atoms with Gasteiger partial charge in [-0.3, -0.25) is 0 Å². The molecule has 0 spiro atoms. The van der Waals surface area contributed by atoms with E-state index in [4.69, 9.17) is 9.47 Å². The van der Waals surface area contributed by atoms with E-state index < -0.39 is 0 Å². The van der Waals surface area contributed by atoms with Gasteiger partial charge < -0.3 is 9.47 Å². The van der Waals surface area contributed by atoms with Gasteiger partial charge >= 0.3 is 0 Å². The fraction of sp³-hybridized carbons (Fsp3) is 1.00. The third kappa shape index (κ3) is 2.14. The summed E-state index contributed by atoms with van der Waals surface area (Å²) in [6.45, 7) is 5.97. The zero-order chi connectivity index (χ0) is 17.0. The van der Waals surface area contributed by atoms with Crippen molar-refractivity contribution in [3.05, 3.63) is 0 Å². The minimum atomic E-state index is 0.0977. The molecule has 0 N–H and O–H groups in total. The topological polar surface area (TPSA) is 18.5 Å². The maximum absolute atomic E-state index is 6.11. The molecule has 7 atom stereocenters. The Morgan fingerprint density at radius 2 is 1.62 bits per heavy atom. The smallest absolute Gasteiger partial charge is 0.0706 e. The molecule has 2 nitrogen and oxygen atoms in total. The third-order valence-electron chi connectivity index (χ3n) is 9.68. The number of ether oxygens (including phenoxy) is 2. The Labute approximate surface area is 149 Å². The van der Waals surface area contributed by atoms with E-state index in [0.717, 1.165) is 30.3 Å². The van der Waals surface area contributed by atoms with Gasteiger partial charge in [-0.25, -0.2) is 0 Å². The number of rotatable bonds is 3. The highest BCUT2D eigenvalue weighted by Gasteiger charge is 2.64.